The van der Waals surface area contributed by atoms with Gasteiger partial charge < -0.3 is 5.32 Å². The van der Waals surface area contributed by atoms with Gasteiger partial charge in [-0.15, -0.1) is 21.5 Å². The maximum atomic E-state index is 12.7. The Labute approximate surface area is 192 Å². The number of halogens is 2. The van der Waals surface area contributed by atoms with E-state index in [-0.39, 0.29) is 18.0 Å². The fourth-order valence-electron chi connectivity index (χ4n) is 3.47. The zero-order valence-corrected chi connectivity index (χ0v) is 19.3. The van der Waals surface area contributed by atoms with Crippen molar-refractivity contribution < 1.29 is 4.79 Å². The van der Waals surface area contributed by atoms with Gasteiger partial charge in [-0.1, -0.05) is 30.1 Å². The Bertz CT molecular complexity index is 1330. The average Bonchev–Trinajstić information content (AvgIpc) is 3.35. The van der Waals surface area contributed by atoms with Crippen molar-refractivity contribution in [2.45, 2.75) is 19.9 Å². The number of carbonyl (C=O) groups is 1. The van der Waals surface area contributed by atoms with Crippen molar-refractivity contribution in [3.05, 3.63) is 55.9 Å². The second kappa shape index (κ2) is 8.96. The van der Waals surface area contributed by atoms with Crippen molar-refractivity contribution in [1.29, 1.82) is 0 Å². The molecule has 162 valence electrons. The second-order valence-electron chi connectivity index (χ2n) is 7.13. The van der Waals surface area contributed by atoms with Crippen LogP contribution >= 0.6 is 34.5 Å². The lowest BCUT2D eigenvalue weighted by molar-refractivity contribution is -0.117. The van der Waals surface area contributed by atoms with E-state index in [0.29, 0.717) is 45.1 Å². The van der Waals surface area contributed by atoms with Gasteiger partial charge in [-0.25, -0.2) is 0 Å². The number of hydrogen-bond acceptors (Lipinski definition) is 6. The van der Waals surface area contributed by atoms with Crippen LogP contribution in [0, 0.1) is 0 Å². The van der Waals surface area contributed by atoms with Gasteiger partial charge in [0.15, 0.2) is 5.82 Å². The molecule has 0 aliphatic heterocycles. The number of hydrogen-bond donors (Lipinski definition) is 1. The lowest BCUT2D eigenvalue weighted by Crippen LogP contribution is -2.34. The first kappa shape index (κ1) is 21.8. The molecule has 1 N–H and O–H groups in total. The molecule has 31 heavy (non-hydrogen) atoms. The number of nitrogens with one attached hydrogen (secondary N) is 1. The Balaban J connectivity index is 1.59. The Morgan fingerprint density at radius 3 is 2.81 bits per heavy atom. The standard InChI is InChI=1S/C20H20Cl2N6O2S/c1-3-7-27(11-17(29)23-14-5-4-12(21)9-13(14)22)10-16-24-25-20-26(2)19(30)18-15(28(16)20)6-8-31-18/h4-6,8-9H,3,7,10-11H2,1-2H3,(H,23,29). The molecule has 1 aromatic carbocycles. The summed E-state index contributed by atoms with van der Waals surface area (Å²) in [4.78, 5) is 27.2. The normalized spacial score (nSPS) is 11.6. The number of carbonyl (C=O) groups excluding carboxylic acids is 1. The minimum absolute atomic E-state index is 0.0962. The SMILES string of the molecule is CCCN(CC(=O)Nc1ccc(Cl)cc1Cl)Cc1nnc2n(C)c(=O)c3sccc3n12. The van der Waals surface area contributed by atoms with E-state index in [1.807, 2.05) is 27.7 Å². The van der Waals surface area contributed by atoms with Gasteiger partial charge in [0.2, 0.25) is 11.7 Å². The number of aryl methyl sites for hydroxylation is 1. The van der Waals surface area contributed by atoms with Crippen LogP contribution in [-0.2, 0) is 18.4 Å². The topological polar surface area (TPSA) is 84.5 Å². The van der Waals surface area contributed by atoms with E-state index in [2.05, 4.69) is 15.5 Å². The van der Waals surface area contributed by atoms with Crippen LogP contribution in [0.5, 0.6) is 0 Å². The summed E-state index contributed by atoms with van der Waals surface area (Å²) < 4.78 is 4.02. The highest BCUT2D eigenvalue weighted by Gasteiger charge is 2.19. The van der Waals surface area contributed by atoms with Crippen molar-refractivity contribution in [2.75, 3.05) is 18.4 Å². The number of benzene rings is 1. The number of anilines is 1. The van der Waals surface area contributed by atoms with Crippen LogP contribution in [0.2, 0.25) is 10.0 Å². The minimum Gasteiger partial charge on any atom is -0.324 e. The number of rotatable bonds is 7. The molecular formula is C20H20Cl2N6O2S. The first-order valence-electron chi connectivity index (χ1n) is 9.66. The zero-order valence-electron chi connectivity index (χ0n) is 16.9. The molecule has 1 amide bonds. The Morgan fingerprint density at radius 1 is 1.26 bits per heavy atom. The first-order chi connectivity index (χ1) is 14.9. The largest absolute Gasteiger partial charge is 0.324 e. The van der Waals surface area contributed by atoms with Gasteiger partial charge in [-0.3, -0.25) is 23.5 Å². The van der Waals surface area contributed by atoms with Crippen molar-refractivity contribution in [3.8, 4) is 0 Å². The molecular weight excluding hydrogens is 459 g/mol. The van der Waals surface area contributed by atoms with Crippen molar-refractivity contribution in [2.24, 2.45) is 7.05 Å². The Hall–Kier alpha value is -2.46. The summed E-state index contributed by atoms with van der Waals surface area (Å²) in [7, 11) is 1.68. The van der Waals surface area contributed by atoms with Crippen molar-refractivity contribution >= 4 is 62.1 Å². The van der Waals surface area contributed by atoms with E-state index in [1.54, 1.807) is 25.2 Å². The summed E-state index contributed by atoms with van der Waals surface area (Å²) in [6, 6.07) is 6.82. The van der Waals surface area contributed by atoms with Crippen LogP contribution < -0.4 is 10.9 Å². The molecule has 8 nitrogen and oxygen atoms in total. The Morgan fingerprint density at radius 2 is 2.06 bits per heavy atom. The number of aromatic nitrogens is 4. The van der Waals surface area contributed by atoms with Gasteiger partial charge in [-0.2, -0.15) is 0 Å². The molecule has 0 atom stereocenters. The molecule has 0 bridgehead atoms. The highest BCUT2D eigenvalue weighted by atomic mass is 35.5. The Kier molecular flexibility index (Phi) is 6.29. The van der Waals surface area contributed by atoms with Crippen LogP contribution in [0.15, 0.2) is 34.4 Å². The van der Waals surface area contributed by atoms with Crippen LogP contribution in [0.3, 0.4) is 0 Å². The minimum atomic E-state index is -0.195. The molecule has 4 rings (SSSR count). The molecule has 0 saturated carbocycles. The fraction of sp³-hybridized carbons (Fsp3) is 0.300. The third-order valence-corrected chi connectivity index (χ3v) is 6.31. The van der Waals surface area contributed by atoms with Gasteiger partial charge in [0.25, 0.3) is 5.56 Å². The first-order valence-corrected chi connectivity index (χ1v) is 11.3. The average molecular weight is 479 g/mol. The van der Waals surface area contributed by atoms with Crippen LogP contribution in [0.1, 0.15) is 19.2 Å². The predicted molar refractivity (Wildman–Crippen MR) is 124 cm³/mol. The van der Waals surface area contributed by atoms with Crippen molar-refractivity contribution in [1.82, 2.24) is 24.1 Å². The molecule has 0 saturated heterocycles. The number of fused-ring (bicyclic) bond motifs is 3. The van der Waals surface area contributed by atoms with E-state index >= 15 is 0 Å². The maximum absolute atomic E-state index is 12.7. The number of nitrogens with zero attached hydrogens (tertiary/aromatic N) is 5. The van der Waals surface area contributed by atoms with E-state index in [4.69, 9.17) is 23.2 Å². The molecule has 0 aliphatic carbocycles. The summed E-state index contributed by atoms with van der Waals surface area (Å²) in [5.41, 5.74) is 1.19. The smallest absolute Gasteiger partial charge is 0.272 e. The zero-order chi connectivity index (χ0) is 22.1. The van der Waals surface area contributed by atoms with Gasteiger partial charge in [0.05, 0.1) is 29.3 Å². The molecule has 4 aromatic rings. The molecule has 3 aromatic heterocycles. The monoisotopic (exact) mass is 478 g/mol. The summed E-state index contributed by atoms with van der Waals surface area (Å²) in [5, 5.41) is 14.1. The van der Waals surface area contributed by atoms with Crippen molar-refractivity contribution in [3.63, 3.8) is 0 Å². The van der Waals surface area contributed by atoms with E-state index in [0.717, 1.165) is 11.9 Å². The molecule has 11 heteroatoms. The molecule has 0 aliphatic rings. The summed E-state index contributed by atoms with van der Waals surface area (Å²) in [5.74, 6) is 0.944. The van der Waals surface area contributed by atoms with E-state index in [9.17, 15) is 9.59 Å². The highest BCUT2D eigenvalue weighted by Crippen LogP contribution is 2.25. The molecule has 0 spiro atoms. The van der Waals surface area contributed by atoms with Crippen LogP contribution in [-0.4, -0.2) is 43.1 Å². The van der Waals surface area contributed by atoms with Gasteiger partial charge in [0, 0.05) is 12.1 Å². The van der Waals surface area contributed by atoms with Gasteiger partial charge in [-0.05, 0) is 42.6 Å². The maximum Gasteiger partial charge on any atom is 0.272 e. The van der Waals surface area contributed by atoms with E-state index in [1.165, 1.54) is 15.9 Å². The highest BCUT2D eigenvalue weighted by molar-refractivity contribution is 7.17. The summed E-state index contributed by atoms with van der Waals surface area (Å²) in [6.07, 6.45) is 0.859. The van der Waals surface area contributed by atoms with Crippen LogP contribution in [0.25, 0.3) is 16.0 Å². The molecule has 0 unspecified atom stereocenters. The number of amides is 1. The molecule has 0 fully saturated rings. The third kappa shape index (κ3) is 4.31. The predicted octanol–water partition coefficient (Wildman–Crippen LogP) is 3.80. The third-order valence-electron chi connectivity index (χ3n) is 4.87. The molecule has 0 radical (unpaired) electrons. The summed E-state index contributed by atoms with van der Waals surface area (Å²) >= 11 is 13.5. The fourth-order valence-corrected chi connectivity index (χ4v) is 4.78. The van der Waals surface area contributed by atoms with Gasteiger partial charge in [0.1, 0.15) is 4.70 Å². The lowest BCUT2D eigenvalue weighted by atomic mass is 10.3. The quantitative estimate of drug-likeness (QED) is 0.436. The number of thiophene rings is 1. The lowest BCUT2D eigenvalue weighted by Gasteiger charge is -2.20. The van der Waals surface area contributed by atoms with Crippen LogP contribution in [0.4, 0.5) is 5.69 Å². The summed E-state index contributed by atoms with van der Waals surface area (Å²) in [6.45, 7) is 3.29. The second-order valence-corrected chi connectivity index (χ2v) is 8.89. The van der Waals surface area contributed by atoms with Gasteiger partial charge >= 0.3 is 0 Å². The van der Waals surface area contributed by atoms with E-state index < -0.39 is 0 Å². The molecule has 3 heterocycles.